The van der Waals surface area contributed by atoms with E-state index in [1.54, 1.807) is 13.8 Å². The molecule has 216 valence electrons. The van der Waals surface area contributed by atoms with E-state index in [1.165, 1.54) is 24.3 Å². The van der Waals surface area contributed by atoms with Crippen LogP contribution in [0, 0.1) is 11.8 Å². The fourth-order valence-electron chi connectivity index (χ4n) is 5.74. The van der Waals surface area contributed by atoms with Gasteiger partial charge in [0.15, 0.2) is 12.6 Å². The summed E-state index contributed by atoms with van der Waals surface area (Å²) in [6, 6.07) is 4.07. The zero-order chi connectivity index (χ0) is 29.5. The second-order valence-corrected chi connectivity index (χ2v) is 11.1. The van der Waals surface area contributed by atoms with Crippen molar-refractivity contribution in [3.8, 4) is 0 Å². The SMILES string of the molecule is CCO[C@H](O)[C@H](CC(C)C)N1C(=O)c2ccc3c4c(ccc(c24)C1=O)C(=O)N([C@@H](CC(C)C)[C@@H](O)OCC)C3=O. The highest BCUT2D eigenvalue weighted by atomic mass is 16.6. The van der Waals surface area contributed by atoms with Crippen LogP contribution in [0.25, 0.3) is 10.8 Å². The molecule has 2 aliphatic rings. The molecule has 0 radical (unpaired) electrons. The number of aliphatic hydroxyl groups excluding tert-OH is 2. The highest BCUT2D eigenvalue weighted by molar-refractivity contribution is 6.33. The maximum atomic E-state index is 13.8. The van der Waals surface area contributed by atoms with Gasteiger partial charge in [-0.2, -0.15) is 0 Å². The molecular formula is C30H38N2O8. The van der Waals surface area contributed by atoms with E-state index >= 15 is 0 Å². The van der Waals surface area contributed by atoms with Gasteiger partial charge >= 0.3 is 0 Å². The summed E-state index contributed by atoms with van der Waals surface area (Å²) in [5.41, 5.74) is 0.647. The topological polar surface area (TPSA) is 134 Å². The van der Waals surface area contributed by atoms with Gasteiger partial charge in [-0.1, -0.05) is 27.7 Å². The Bertz CT molecular complexity index is 1170. The van der Waals surface area contributed by atoms with Crippen LogP contribution < -0.4 is 0 Å². The molecular weight excluding hydrogens is 516 g/mol. The first-order valence-electron chi connectivity index (χ1n) is 13.9. The number of imide groups is 2. The number of ether oxygens (including phenoxy) is 2. The maximum Gasteiger partial charge on any atom is 0.261 e. The molecule has 2 aromatic carbocycles. The third-order valence-corrected chi connectivity index (χ3v) is 7.38. The average Bonchev–Trinajstić information content (AvgIpc) is 2.89. The number of hydrogen-bond acceptors (Lipinski definition) is 8. The van der Waals surface area contributed by atoms with Crippen LogP contribution in [0.5, 0.6) is 0 Å². The van der Waals surface area contributed by atoms with Gasteiger partial charge in [-0.25, -0.2) is 0 Å². The number of carbonyl (C=O) groups is 4. The summed E-state index contributed by atoms with van der Waals surface area (Å²) in [6.45, 7) is 11.5. The van der Waals surface area contributed by atoms with Gasteiger partial charge in [-0.15, -0.1) is 0 Å². The molecule has 0 saturated carbocycles. The summed E-state index contributed by atoms with van der Waals surface area (Å²) >= 11 is 0. The van der Waals surface area contributed by atoms with Gasteiger partial charge in [0.05, 0.1) is 12.1 Å². The van der Waals surface area contributed by atoms with Crippen molar-refractivity contribution in [2.75, 3.05) is 13.2 Å². The van der Waals surface area contributed by atoms with Crippen LogP contribution in [0.3, 0.4) is 0 Å². The summed E-state index contributed by atoms with van der Waals surface area (Å²) in [7, 11) is 0. The van der Waals surface area contributed by atoms with E-state index in [-0.39, 0.29) is 58.1 Å². The van der Waals surface area contributed by atoms with Crippen LogP contribution in [0.2, 0.25) is 0 Å². The average molecular weight is 555 g/mol. The second-order valence-electron chi connectivity index (χ2n) is 11.1. The lowest BCUT2D eigenvalue weighted by Gasteiger charge is -2.39. The third-order valence-electron chi connectivity index (χ3n) is 7.38. The largest absolute Gasteiger partial charge is 0.366 e. The minimum Gasteiger partial charge on any atom is -0.366 e. The number of amides is 4. The summed E-state index contributed by atoms with van der Waals surface area (Å²) in [5, 5.41) is 21.9. The number of aliphatic hydroxyl groups is 2. The van der Waals surface area contributed by atoms with E-state index < -0.39 is 48.3 Å². The van der Waals surface area contributed by atoms with E-state index in [0.717, 1.165) is 9.80 Å². The van der Waals surface area contributed by atoms with Crippen molar-refractivity contribution >= 4 is 34.4 Å². The predicted octanol–water partition coefficient (Wildman–Crippen LogP) is 3.57. The number of benzene rings is 2. The first kappa shape index (κ1) is 29.8. The lowest BCUT2D eigenvalue weighted by Crippen LogP contribution is -2.54. The summed E-state index contributed by atoms with van der Waals surface area (Å²) in [6.07, 6.45) is -2.11. The van der Waals surface area contributed by atoms with E-state index in [0.29, 0.717) is 12.8 Å². The quantitative estimate of drug-likeness (QED) is 0.301. The van der Waals surface area contributed by atoms with Gasteiger partial charge in [0.25, 0.3) is 23.6 Å². The molecule has 0 fully saturated rings. The highest BCUT2D eigenvalue weighted by Gasteiger charge is 2.45. The molecule has 0 spiro atoms. The Kier molecular flexibility index (Phi) is 8.75. The zero-order valence-corrected chi connectivity index (χ0v) is 23.8. The van der Waals surface area contributed by atoms with Crippen molar-refractivity contribution in [3.63, 3.8) is 0 Å². The molecule has 4 atom stereocenters. The van der Waals surface area contributed by atoms with Crippen molar-refractivity contribution < 1.29 is 38.9 Å². The molecule has 10 nitrogen and oxygen atoms in total. The van der Waals surface area contributed by atoms with E-state index in [2.05, 4.69) is 0 Å². The number of nitrogens with zero attached hydrogens (tertiary/aromatic N) is 2. The van der Waals surface area contributed by atoms with Crippen LogP contribution in [0.1, 0.15) is 95.8 Å². The summed E-state index contributed by atoms with van der Waals surface area (Å²) in [5.74, 6) is -2.42. The molecule has 4 rings (SSSR count). The number of rotatable bonds is 12. The van der Waals surface area contributed by atoms with Crippen LogP contribution in [0.4, 0.5) is 0 Å². The molecule has 2 heterocycles. The first-order valence-corrected chi connectivity index (χ1v) is 13.9. The number of hydrogen-bond donors (Lipinski definition) is 2. The fraction of sp³-hybridized carbons (Fsp3) is 0.533. The molecule has 0 unspecified atom stereocenters. The smallest absolute Gasteiger partial charge is 0.261 e. The molecule has 10 heteroatoms. The van der Waals surface area contributed by atoms with Crippen LogP contribution >= 0.6 is 0 Å². The monoisotopic (exact) mass is 554 g/mol. The second kappa shape index (κ2) is 11.7. The third kappa shape index (κ3) is 5.05. The van der Waals surface area contributed by atoms with Crippen molar-refractivity contribution in [1.82, 2.24) is 9.80 Å². The van der Waals surface area contributed by atoms with E-state index in [4.69, 9.17) is 9.47 Å². The minimum absolute atomic E-state index is 0.0459. The number of carbonyl (C=O) groups excluding carboxylic acids is 4. The predicted molar refractivity (Wildman–Crippen MR) is 147 cm³/mol. The fourth-order valence-corrected chi connectivity index (χ4v) is 5.74. The molecule has 2 aromatic rings. The molecule has 2 aliphatic heterocycles. The molecule has 0 aliphatic carbocycles. The van der Waals surface area contributed by atoms with Crippen molar-refractivity contribution in [2.45, 2.75) is 79.0 Å². The van der Waals surface area contributed by atoms with Crippen molar-refractivity contribution in [1.29, 1.82) is 0 Å². The summed E-state index contributed by atoms with van der Waals surface area (Å²) in [4.78, 5) is 57.3. The van der Waals surface area contributed by atoms with Crippen molar-refractivity contribution in [3.05, 3.63) is 46.5 Å². The Labute approximate surface area is 233 Å². The van der Waals surface area contributed by atoms with Crippen LogP contribution in [-0.2, 0) is 9.47 Å². The Morgan fingerprint density at radius 3 is 1.10 bits per heavy atom. The highest BCUT2D eigenvalue weighted by Crippen LogP contribution is 2.40. The van der Waals surface area contributed by atoms with Gasteiger partial charge in [0, 0.05) is 46.2 Å². The normalized spacial score (nSPS) is 18.2. The van der Waals surface area contributed by atoms with E-state index in [9.17, 15) is 29.4 Å². The molecule has 40 heavy (non-hydrogen) atoms. The van der Waals surface area contributed by atoms with Crippen LogP contribution in [-0.4, -0.2) is 81.5 Å². The Morgan fingerprint density at radius 1 is 0.600 bits per heavy atom. The summed E-state index contributed by atoms with van der Waals surface area (Å²) < 4.78 is 10.8. The lowest BCUT2D eigenvalue weighted by molar-refractivity contribution is -0.133. The Hall–Kier alpha value is -3.18. The first-order chi connectivity index (χ1) is 18.9. The van der Waals surface area contributed by atoms with E-state index in [1.807, 2.05) is 27.7 Å². The van der Waals surface area contributed by atoms with Gasteiger partial charge in [-0.3, -0.25) is 29.0 Å². The molecule has 2 N–H and O–H groups in total. The minimum atomic E-state index is -1.37. The van der Waals surface area contributed by atoms with Gasteiger partial charge in [0.2, 0.25) is 0 Å². The van der Waals surface area contributed by atoms with Crippen LogP contribution in [0.15, 0.2) is 24.3 Å². The lowest BCUT2D eigenvalue weighted by atomic mass is 9.84. The van der Waals surface area contributed by atoms with Gasteiger partial charge in [-0.05, 0) is 62.8 Å². The molecule has 4 amide bonds. The standard InChI is InChI=1S/C30H38N2O8/c1-7-39-29(37)21(13-15(3)4)31-25(33)17-9-11-19-24-20(12-10-18(23(17)24)26(31)34)28(36)32(27(19)35)22(14-16(5)6)30(38)40-8-2/h9-12,15-16,21-22,29-30,37-38H,7-8,13-14H2,1-6H3/t21-,22-,29-,30-/m0/s1. The van der Waals surface area contributed by atoms with Gasteiger partial charge in [0.1, 0.15) is 0 Å². The molecule has 0 saturated heterocycles. The van der Waals surface area contributed by atoms with Gasteiger partial charge < -0.3 is 19.7 Å². The molecule has 0 bridgehead atoms. The molecule has 0 aromatic heterocycles. The maximum absolute atomic E-state index is 13.8. The Morgan fingerprint density at radius 2 is 0.875 bits per heavy atom. The van der Waals surface area contributed by atoms with Crippen molar-refractivity contribution in [2.24, 2.45) is 11.8 Å². The zero-order valence-electron chi connectivity index (χ0n) is 23.8. The Balaban J connectivity index is 1.85.